The number of rotatable bonds is 4. The highest BCUT2D eigenvalue weighted by Crippen LogP contribution is 2.30. The molecular weight excluding hydrogens is 256 g/mol. The lowest BCUT2D eigenvalue weighted by atomic mass is 10.0. The molecule has 0 saturated carbocycles. The van der Waals surface area contributed by atoms with E-state index in [1.165, 1.54) is 17.2 Å². The van der Waals surface area contributed by atoms with Crippen LogP contribution < -0.4 is 0 Å². The number of benzene rings is 1. The highest BCUT2D eigenvalue weighted by molar-refractivity contribution is 7.16. The van der Waals surface area contributed by atoms with Crippen molar-refractivity contribution in [3.63, 3.8) is 0 Å². The molecule has 0 aliphatic carbocycles. The summed E-state index contributed by atoms with van der Waals surface area (Å²) >= 11 is 1.60. The van der Waals surface area contributed by atoms with Crippen LogP contribution in [0.1, 0.15) is 30.2 Å². The van der Waals surface area contributed by atoms with Crippen LogP contribution >= 0.6 is 11.3 Å². The number of thiophene rings is 1. The Morgan fingerprint density at radius 1 is 1.26 bits per heavy atom. The smallest absolute Gasteiger partial charge is 0.328 e. The van der Waals surface area contributed by atoms with E-state index in [0.29, 0.717) is 5.92 Å². The molecule has 1 heterocycles. The third kappa shape index (κ3) is 3.55. The van der Waals surface area contributed by atoms with Crippen molar-refractivity contribution < 1.29 is 9.90 Å². The van der Waals surface area contributed by atoms with Crippen LogP contribution in [0.4, 0.5) is 0 Å². The average molecular weight is 272 g/mol. The summed E-state index contributed by atoms with van der Waals surface area (Å²) in [6.07, 6.45) is 2.79. The van der Waals surface area contributed by atoms with Gasteiger partial charge in [0.25, 0.3) is 0 Å². The zero-order valence-corrected chi connectivity index (χ0v) is 11.8. The van der Waals surface area contributed by atoms with Crippen LogP contribution in [0.25, 0.3) is 16.5 Å². The van der Waals surface area contributed by atoms with Crippen LogP contribution in [0.5, 0.6) is 0 Å². The number of hydrogen-bond acceptors (Lipinski definition) is 2. The molecule has 0 saturated heterocycles. The first kappa shape index (κ1) is 13.6. The van der Waals surface area contributed by atoms with E-state index >= 15 is 0 Å². The standard InChI is InChI=1S/C16H16O2S/c1-11(2)12-4-3-5-13(10-12)15-8-6-14(19-15)7-9-16(17)18/h3-11H,1-2H3,(H,17,18)/b9-7+. The largest absolute Gasteiger partial charge is 0.478 e. The molecule has 3 heteroatoms. The number of carboxylic acids is 1. The Labute approximate surface area is 117 Å². The fourth-order valence-electron chi connectivity index (χ4n) is 1.80. The molecule has 2 nitrogen and oxygen atoms in total. The minimum atomic E-state index is -0.920. The minimum absolute atomic E-state index is 0.506. The molecule has 1 N–H and O–H groups in total. The van der Waals surface area contributed by atoms with Gasteiger partial charge in [-0.05, 0) is 35.3 Å². The lowest BCUT2D eigenvalue weighted by molar-refractivity contribution is -0.131. The second-order valence-corrected chi connectivity index (χ2v) is 5.77. The van der Waals surface area contributed by atoms with Gasteiger partial charge in [0.05, 0.1) is 0 Å². The van der Waals surface area contributed by atoms with Crippen molar-refractivity contribution in [2.75, 3.05) is 0 Å². The summed E-state index contributed by atoms with van der Waals surface area (Å²) in [5.41, 5.74) is 2.50. The van der Waals surface area contributed by atoms with Crippen LogP contribution in [-0.2, 0) is 4.79 Å². The lowest BCUT2D eigenvalue weighted by Crippen LogP contribution is -1.86. The van der Waals surface area contributed by atoms with Gasteiger partial charge in [0.2, 0.25) is 0 Å². The Morgan fingerprint density at radius 3 is 2.74 bits per heavy atom. The lowest BCUT2D eigenvalue weighted by Gasteiger charge is -2.06. The van der Waals surface area contributed by atoms with Crippen molar-refractivity contribution in [1.29, 1.82) is 0 Å². The third-order valence-electron chi connectivity index (χ3n) is 2.85. The number of carbonyl (C=O) groups is 1. The van der Waals surface area contributed by atoms with Crippen molar-refractivity contribution in [2.45, 2.75) is 19.8 Å². The van der Waals surface area contributed by atoms with Crippen LogP contribution in [0, 0.1) is 0 Å². The summed E-state index contributed by atoms with van der Waals surface area (Å²) in [5, 5.41) is 8.61. The van der Waals surface area contributed by atoms with Crippen molar-refractivity contribution >= 4 is 23.4 Å². The Balaban J connectivity index is 2.27. The van der Waals surface area contributed by atoms with E-state index in [1.54, 1.807) is 17.4 Å². The molecule has 0 aliphatic rings. The van der Waals surface area contributed by atoms with Crippen LogP contribution in [-0.4, -0.2) is 11.1 Å². The van der Waals surface area contributed by atoms with E-state index < -0.39 is 5.97 Å². The van der Waals surface area contributed by atoms with Gasteiger partial charge in [0.1, 0.15) is 0 Å². The quantitative estimate of drug-likeness (QED) is 0.823. The Kier molecular flexibility index (Phi) is 4.17. The minimum Gasteiger partial charge on any atom is -0.478 e. The fourth-order valence-corrected chi connectivity index (χ4v) is 2.71. The number of aliphatic carboxylic acids is 1. The van der Waals surface area contributed by atoms with Gasteiger partial charge >= 0.3 is 5.97 Å². The molecule has 2 aromatic rings. The molecule has 0 bridgehead atoms. The maximum Gasteiger partial charge on any atom is 0.328 e. The van der Waals surface area contributed by atoms with Crippen molar-refractivity contribution in [1.82, 2.24) is 0 Å². The van der Waals surface area contributed by atoms with Crippen molar-refractivity contribution in [3.8, 4) is 10.4 Å². The van der Waals surface area contributed by atoms with Gasteiger partial charge in [-0.15, -0.1) is 11.3 Å². The van der Waals surface area contributed by atoms with Crippen LogP contribution in [0.2, 0.25) is 0 Å². The van der Waals surface area contributed by atoms with Gasteiger partial charge in [-0.2, -0.15) is 0 Å². The molecule has 1 aromatic carbocycles. The molecule has 0 radical (unpaired) electrons. The molecule has 1 aromatic heterocycles. The number of carboxylic acid groups (broad SMARTS) is 1. The van der Waals surface area contributed by atoms with E-state index in [9.17, 15) is 4.79 Å². The first-order valence-corrected chi connectivity index (χ1v) is 6.99. The monoisotopic (exact) mass is 272 g/mol. The van der Waals surface area contributed by atoms with E-state index in [4.69, 9.17) is 5.11 Å². The molecule has 0 unspecified atom stereocenters. The average Bonchev–Trinajstić information content (AvgIpc) is 2.85. The van der Waals surface area contributed by atoms with Gasteiger partial charge in [-0.3, -0.25) is 0 Å². The summed E-state index contributed by atoms with van der Waals surface area (Å²) < 4.78 is 0. The highest BCUT2D eigenvalue weighted by Gasteiger charge is 2.04. The van der Waals surface area contributed by atoms with E-state index in [2.05, 4.69) is 38.1 Å². The molecule has 2 rings (SSSR count). The second kappa shape index (κ2) is 5.85. The molecule has 0 fully saturated rings. The Morgan fingerprint density at radius 2 is 2.05 bits per heavy atom. The predicted molar refractivity (Wildman–Crippen MR) is 80.5 cm³/mol. The zero-order chi connectivity index (χ0) is 13.8. The summed E-state index contributed by atoms with van der Waals surface area (Å²) in [4.78, 5) is 12.6. The number of hydrogen-bond donors (Lipinski definition) is 1. The van der Waals surface area contributed by atoms with Gasteiger partial charge in [-0.1, -0.05) is 38.1 Å². The van der Waals surface area contributed by atoms with E-state index in [0.717, 1.165) is 9.75 Å². The SMILES string of the molecule is CC(C)c1cccc(-c2ccc(/C=C/C(=O)O)s2)c1. The predicted octanol–water partition coefficient (Wildman–Crippen LogP) is 4.64. The first-order valence-electron chi connectivity index (χ1n) is 6.17. The maximum absolute atomic E-state index is 10.5. The molecule has 19 heavy (non-hydrogen) atoms. The molecule has 0 spiro atoms. The molecule has 0 aliphatic heterocycles. The maximum atomic E-state index is 10.5. The molecule has 0 amide bonds. The normalized spacial score (nSPS) is 11.3. The third-order valence-corrected chi connectivity index (χ3v) is 3.95. The second-order valence-electron chi connectivity index (χ2n) is 4.65. The Hall–Kier alpha value is -1.87. The first-order chi connectivity index (χ1) is 9.06. The van der Waals surface area contributed by atoms with Gasteiger partial charge in [-0.25, -0.2) is 4.79 Å². The zero-order valence-electron chi connectivity index (χ0n) is 11.0. The topological polar surface area (TPSA) is 37.3 Å². The van der Waals surface area contributed by atoms with Crippen LogP contribution in [0.15, 0.2) is 42.5 Å². The van der Waals surface area contributed by atoms with Gasteiger partial charge in [0, 0.05) is 15.8 Å². The summed E-state index contributed by atoms with van der Waals surface area (Å²) in [6.45, 7) is 4.35. The Bertz CT molecular complexity index is 609. The van der Waals surface area contributed by atoms with E-state index in [-0.39, 0.29) is 0 Å². The summed E-state index contributed by atoms with van der Waals surface area (Å²) in [5.74, 6) is -0.414. The van der Waals surface area contributed by atoms with Gasteiger partial charge in [0.15, 0.2) is 0 Å². The van der Waals surface area contributed by atoms with Crippen molar-refractivity contribution in [2.24, 2.45) is 0 Å². The van der Waals surface area contributed by atoms with E-state index in [1.807, 2.05) is 12.1 Å². The molecule has 0 atom stereocenters. The molecule has 98 valence electrons. The highest BCUT2D eigenvalue weighted by atomic mass is 32.1. The molecular formula is C16H16O2S. The van der Waals surface area contributed by atoms with Crippen molar-refractivity contribution in [3.05, 3.63) is 52.9 Å². The van der Waals surface area contributed by atoms with Gasteiger partial charge < -0.3 is 5.11 Å². The van der Waals surface area contributed by atoms with Crippen LogP contribution in [0.3, 0.4) is 0 Å². The fraction of sp³-hybridized carbons (Fsp3) is 0.188. The summed E-state index contributed by atoms with van der Waals surface area (Å²) in [7, 11) is 0. The summed E-state index contributed by atoms with van der Waals surface area (Å²) in [6, 6.07) is 12.5.